The maximum absolute atomic E-state index is 15.4. The van der Waals surface area contributed by atoms with E-state index in [1.165, 1.54) is 24.3 Å². The number of nitriles is 1. The monoisotopic (exact) mass is 568 g/mol. The number of carbonyl (C=O) groups is 1. The summed E-state index contributed by atoms with van der Waals surface area (Å²) in [7, 11) is 1.61. The molecule has 1 N–H and O–H groups in total. The average Bonchev–Trinajstić information content (AvgIpc) is 3.33. The molecule has 2 aromatic heterocycles. The van der Waals surface area contributed by atoms with E-state index in [2.05, 4.69) is 9.97 Å². The average molecular weight is 569 g/mol. The van der Waals surface area contributed by atoms with Gasteiger partial charge < -0.3 is 19.1 Å². The Labute approximate surface area is 240 Å². The fraction of sp³-hybridized carbons (Fsp3) is 0.188. The highest BCUT2D eigenvalue weighted by molar-refractivity contribution is 5.92. The van der Waals surface area contributed by atoms with Crippen molar-refractivity contribution in [2.75, 3.05) is 13.7 Å². The van der Waals surface area contributed by atoms with E-state index in [4.69, 9.17) is 14.7 Å². The maximum Gasteiger partial charge on any atom is 0.335 e. The molecule has 0 aliphatic rings. The van der Waals surface area contributed by atoms with Gasteiger partial charge >= 0.3 is 5.97 Å². The molecule has 0 saturated carbocycles. The first-order valence-corrected chi connectivity index (χ1v) is 13.1. The predicted molar refractivity (Wildman–Crippen MR) is 151 cm³/mol. The van der Waals surface area contributed by atoms with Crippen LogP contribution in [0.3, 0.4) is 0 Å². The number of aromatic nitrogens is 3. The van der Waals surface area contributed by atoms with Gasteiger partial charge in [0.1, 0.15) is 24.1 Å². The molecule has 0 aliphatic carbocycles. The summed E-state index contributed by atoms with van der Waals surface area (Å²) in [6, 6.07) is 20.7. The molecule has 3 aromatic carbocycles. The molecule has 8 nitrogen and oxygen atoms in total. The topological polar surface area (TPSA) is 110 Å². The van der Waals surface area contributed by atoms with Gasteiger partial charge in [-0.3, -0.25) is 0 Å². The lowest BCUT2D eigenvalue weighted by Crippen LogP contribution is -2.08. The summed E-state index contributed by atoms with van der Waals surface area (Å²) >= 11 is 0. The van der Waals surface area contributed by atoms with E-state index in [1.54, 1.807) is 49.6 Å². The molecule has 0 fully saturated rings. The molecule has 0 radical (unpaired) electrons. The van der Waals surface area contributed by atoms with Gasteiger partial charge in [-0.2, -0.15) is 5.26 Å². The van der Waals surface area contributed by atoms with Crippen molar-refractivity contribution in [3.05, 3.63) is 113 Å². The second kappa shape index (κ2) is 12.6. The van der Waals surface area contributed by atoms with Gasteiger partial charge in [0.25, 0.3) is 0 Å². The van der Waals surface area contributed by atoms with E-state index in [0.717, 1.165) is 6.07 Å². The lowest BCUT2D eigenvalue weighted by Gasteiger charge is -2.11. The number of ether oxygens (including phenoxy) is 2. The van der Waals surface area contributed by atoms with Gasteiger partial charge in [-0.05, 0) is 54.4 Å². The number of hydrogen-bond donors (Lipinski definition) is 1. The van der Waals surface area contributed by atoms with Crippen LogP contribution in [0.15, 0.2) is 72.8 Å². The van der Waals surface area contributed by atoms with E-state index in [1.807, 2.05) is 10.6 Å². The van der Waals surface area contributed by atoms with Crippen molar-refractivity contribution < 1.29 is 28.2 Å². The molecule has 5 aromatic rings. The molecule has 0 atom stereocenters. The molecular formula is C32H26F2N4O4. The Bertz CT molecular complexity index is 1810. The molecule has 0 bridgehead atoms. The van der Waals surface area contributed by atoms with Crippen molar-refractivity contribution in [3.63, 3.8) is 0 Å². The van der Waals surface area contributed by atoms with E-state index in [0.29, 0.717) is 53.3 Å². The Balaban J connectivity index is 1.36. The van der Waals surface area contributed by atoms with Crippen molar-refractivity contribution in [2.24, 2.45) is 0 Å². The number of halogens is 2. The zero-order chi connectivity index (χ0) is 29.6. The minimum absolute atomic E-state index is 0.0827. The molecule has 42 heavy (non-hydrogen) atoms. The molecule has 212 valence electrons. The summed E-state index contributed by atoms with van der Waals surface area (Å²) < 4.78 is 42.4. The Hall–Kier alpha value is -5.14. The van der Waals surface area contributed by atoms with Crippen LogP contribution in [0.25, 0.3) is 22.3 Å². The first kappa shape index (κ1) is 28.4. The van der Waals surface area contributed by atoms with E-state index in [9.17, 15) is 14.3 Å². The zero-order valence-corrected chi connectivity index (χ0v) is 22.7. The van der Waals surface area contributed by atoms with Gasteiger partial charge in [-0.25, -0.2) is 23.5 Å². The van der Waals surface area contributed by atoms with Crippen LogP contribution in [0.1, 0.15) is 39.3 Å². The lowest BCUT2D eigenvalue weighted by atomic mass is 10.1. The second-order valence-corrected chi connectivity index (χ2v) is 9.59. The number of hydrogen-bond acceptors (Lipinski definition) is 6. The Kier molecular flexibility index (Phi) is 8.50. The largest absolute Gasteiger partial charge is 0.478 e. The van der Waals surface area contributed by atoms with E-state index < -0.39 is 17.6 Å². The number of carboxylic acids is 1. The number of aromatic carboxylic acids is 1. The van der Waals surface area contributed by atoms with Crippen LogP contribution in [-0.2, 0) is 24.3 Å². The summed E-state index contributed by atoms with van der Waals surface area (Å²) in [5.41, 5.74) is 3.38. The molecule has 10 heteroatoms. The highest BCUT2D eigenvalue weighted by Crippen LogP contribution is 2.26. The second-order valence-electron chi connectivity index (χ2n) is 9.59. The van der Waals surface area contributed by atoms with Crippen LogP contribution >= 0.6 is 0 Å². The third-order valence-corrected chi connectivity index (χ3v) is 6.78. The normalized spacial score (nSPS) is 11.0. The number of methoxy groups -OCH3 is 1. The number of imidazole rings is 1. The molecule has 0 amide bonds. The van der Waals surface area contributed by atoms with Crippen LogP contribution < -0.4 is 4.74 Å². The number of fused-ring (bicyclic) bond motifs is 1. The SMILES string of the molecule is COCCCn1c(Cc2ccc(-c3cccc(OCc4ccc(C#N)cc4F)n3)cc2F)nc2ccc(C(=O)O)cc21. The highest BCUT2D eigenvalue weighted by Gasteiger charge is 2.16. The minimum Gasteiger partial charge on any atom is -0.478 e. The first-order valence-electron chi connectivity index (χ1n) is 13.1. The molecule has 5 rings (SSSR count). The third kappa shape index (κ3) is 6.27. The van der Waals surface area contributed by atoms with Crippen LogP contribution in [0, 0.1) is 23.0 Å². The predicted octanol–water partition coefficient (Wildman–Crippen LogP) is 6.15. The summed E-state index contributed by atoms with van der Waals surface area (Å²) in [6.45, 7) is 0.963. The number of carboxylic acid groups (broad SMARTS) is 1. The van der Waals surface area contributed by atoms with Gasteiger partial charge in [0.15, 0.2) is 0 Å². The zero-order valence-electron chi connectivity index (χ0n) is 22.7. The molecule has 0 spiro atoms. The van der Waals surface area contributed by atoms with Crippen LogP contribution in [0.4, 0.5) is 8.78 Å². The fourth-order valence-corrected chi connectivity index (χ4v) is 4.62. The van der Waals surface area contributed by atoms with Crippen molar-refractivity contribution in [1.82, 2.24) is 14.5 Å². The van der Waals surface area contributed by atoms with Gasteiger partial charge in [0.05, 0.1) is 33.9 Å². The van der Waals surface area contributed by atoms with Crippen molar-refractivity contribution >= 4 is 17.0 Å². The molecule has 0 aliphatic heterocycles. The van der Waals surface area contributed by atoms with E-state index >= 15 is 4.39 Å². The number of rotatable bonds is 11. The molecular weight excluding hydrogens is 542 g/mol. The van der Waals surface area contributed by atoms with Crippen molar-refractivity contribution in [3.8, 4) is 23.2 Å². The van der Waals surface area contributed by atoms with Crippen LogP contribution in [0.2, 0.25) is 0 Å². The lowest BCUT2D eigenvalue weighted by molar-refractivity contribution is 0.0697. The number of nitrogens with zero attached hydrogens (tertiary/aromatic N) is 4. The number of pyridine rings is 1. The fourth-order valence-electron chi connectivity index (χ4n) is 4.62. The quantitative estimate of drug-likeness (QED) is 0.190. The van der Waals surface area contributed by atoms with Gasteiger partial charge in [0.2, 0.25) is 5.88 Å². The summed E-state index contributed by atoms with van der Waals surface area (Å²) in [5, 5.41) is 18.3. The Morgan fingerprint density at radius 2 is 1.81 bits per heavy atom. The maximum atomic E-state index is 15.4. The van der Waals surface area contributed by atoms with Crippen molar-refractivity contribution in [1.29, 1.82) is 5.26 Å². The summed E-state index contributed by atoms with van der Waals surface area (Å²) in [5.74, 6) is -1.17. The van der Waals surface area contributed by atoms with Gasteiger partial charge in [-0.1, -0.05) is 24.3 Å². The first-order chi connectivity index (χ1) is 20.4. The Morgan fingerprint density at radius 1 is 1.00 bits per heavy atom. The summed E-state index contributed by atoms with van der Waals surface area (Å²) in [4.78, 5) is 20.6. The van der Waals surface area contributed by atoms with Crippen LogP contribution in [0.5, 0.6) is 5.88 Å². The smallest absolute Gasteiger partial charge is 0.335 e. The van der Waals surface area contributed by atoms with E-state index in [-0.39, 0.29) is 35.6 Å². The minimum atomic E-state index is -1.03. The number of benzene rings is 3. The standard InChI is InChI=1S/C32H26F2N4O4/c1-41-13-3-12-38-29-16-23(32(39)40)10-11-28(29)36-30(38)17-21-8-9-22(15-26(21)34)27-4-2-5-31(37-27)42-19-24-7-6-20(18-35)14-25(24)33/h2,4-11,14-16H,3,12-13,17,19H2,1H3,(H,39,40). The van der Waals surface area contributed by atoms with Gasteiger partial charge in [0, 0.05) is 43.9 Å². The van der Waals surface area contributed by atoms with Gasteiger partial charge in [-0.15, -0.1) is 0 Å². The highest BCUT2D eigenvalue weighted by atomic mass is 19.1. The number of aryl methyl sites for hydroxylation is 1. The third-order valence-electron chi connectivity index (χ3n) is 6.78. The molecule has 0 saturated heterocycles. The molecule has 0 unspecified atom stereocenters. The summed E-state index contributed by atoms with van der Waals surface area (Å²) in [6.07, 6.45) is 0.874. The Morgan fingerprint density at radius 3 is 2.55 bits per heavy atom. The molecule has 2 heterocycles. The van der Waals surface area contributed by atoms with Crippen molar-refractivity contribution in [2.45, 2.75) is 26.0 Å². The van der Waals surface area contributed by atoms with Crippen LogP contribution in [-0.4, -0.2) is 39.3 Å².